The van der Waals surface area contributed by atoms with E-state index in [0.29, 0.717) is 0 Å². The molecule has 1 aliphatic carbocycles. The molecule has 1 N–H and O–H groups in total. The summed E-state index contributed by atoms with van der Waals surface area (Å²) in [5.41, 5.74) is 1.14. The van der Waals surface area contributed by atoms with Gasteiger partial charge in [0.15, 0.2) is 0 Å². The van der Waals surface area contributed by atoms with Crippen molar-refractivity contribution in [3.8, 4) is 6.07 Å². The van der Waals surface area contributed by atoms with Gasteiger partial charge >= 0.3 is 0 Å². The highest BCUT2D eigenvalue weighted by Crippen LogP contribution is 2.30. The first-order valence-corrected chi connectivity index (χ1v) is 10.1. The summed E-state index contributed by atoms with van der Waals surface area (Å²) in [4.78, 5) is 0. The third-order valence-electron chi connectivity index (χ3n) is 4.88. The van der Waals surface area contributed by atoms with Crippen molar-refractivity contribution in [3.05, 3.63) is 37.0 Å². The highest BCUT2D eigenvalue weighted by Gasteiger charge is 2.23. The van der Waals surface area contributed by atoms with E-state index in [2.05, 4.69) is 44.5 Å². The van der Waals surface area contributed by atoms with Gasteiger partial charge in [-0.05, 0) is 64.5 Å². The Morgan fingerprint density at radius 2 is 1.88 bits per heavy atom. The minimum atomic E-state index is 0.281. The van der Waals surface area contributed by atoms with Gasteiger partial charge in [0.05, 0.1) is 6.07 Å². The lowest BCUT2D eigenvalue weighted by Gasteiger charge is -2.33. The van der Waals surface area contributed by atoms with Gasteiger partial charge in [0, 0.05) is 11.1 Å². The summed E-state index contributed by atoms with van der Waals surface area (Å²) < 4.78 is 0. The quantitative estimate of drug-likeness (QED) is 0.207. The maximum absolute atomic E-state index is 8.83. The van der Waals surface area contributed by atoms with Gasteiger partial charge in [0.2, 0.25) is 0 Å². The second-order valence-corrected chi connectivity index (χ2v) is 7.60. The van der Waals surface area contributed by atoms with Crippen molar-refractivity contribution in [2.24, 2.45) is 5.92 Å². The van der Waals surface area contributed by atoms with Crippen molar-refractivity contribution in [3.63, 3.8) is 0 Å². The molecule has 142 valence electrons. The van der Waals surface area contributed by atoms with Crippen LogP contribution in [0.25, 0.3) is 0 Å². The summed E-state index contributed by atoms with van der Waals surface area (Å²) in [5, 5.41) is 12.6. The molecule has 0 atom stereocenters. The van der Waals surface area contributed by atoms with Crippen LogP contribution in [0.4, 0.5) is 0 Å². The molecule has 0 amide bonds. The van der Waals surface area contributed by atoms with Gasteiger partial charge in [0.25, 0.3) is 0 Å². The van der Waals surface area contributed by atoms with Crippen molar-refractivity contribution < 1.29 is 0 Å². The summed E-state index contributed by atoms with van der Waals surface area (Å²) in [6.45, 7) is 13.9. The fraction of sp³-hybridized carbons (Fsp3) is 0.696. The van der Waals surface area contributed by atoms with Crippen LogP contribution in [0.15, 0.2) is 37.0 Å². The summed E-state index contributed by atoms with van der Waals surface area (Å²) in [7, 11) is 0. The SMILES string of the molecule is C=C.CC/C(C#N)=C\C=C/CCCCNC(C)(C)CC1CCCCC1. The maximum Gasteiger partial charge on any atom is 0.0946 e. The topological polar surface area (TPSA) is 35.8 Å². The zero-order valence-electron chi connectivity index (χ0n) is 16.9. The fourth-order valence-electron chi connectivity index (χ4n) is 3.51. The summed E-state index contributed by atoms with van der Waals surface area (Å²) in [6.07, 6.45) is 19.0. The lowest BCUT2D eigenvalue weighted by atomic mass is 9.81. The van der Waals surface area contributed by atoms with E-state index in [1.54, 1.807) is 0 Å². The summed E-state index contributed by atoms with van der Waals surface area (Å²) in [6, 6.07) is 2.21. The van der Waals surface area contributed by atoms with E-state index in [1.165, 1.54) is 51.4 Å². The molecule has 0 heterocycles. The second-order valence-electron chi connectivity index (χ2n) is 7.60. The van der Waals surface area contributed by atoms with Crippen LogP contribution in [0.1, 0.15) is 85.0 Å². The molecule has 0 aliphatic heterocycles. The zero-order chi connectivity index (χ0) is 19.0. The molecule has 0 bridgehead atoms. The first-order valence-electron chi connectivity index (χ1n) is 10.1. The molecule has 0 aromatic heterocycles. The van der Waals surface area contributed by atoms with E-state index >= 15 is 0 Å². The smallest absolute Gasteiger partial charge is 0.0946 e. The van der Waals surface area contributed by atoms with Crippen LogP contribution in [-0.2, 0) is 0 Å². The molecule has 25 heavy (non-hydrogen) atoms. The lowest BCUT2D eigenvalue weighted by molar-refractivity contribution is 0.246. The number of rotatable bonds is 10. The molecule has 2 heteroatoms. The number of nitriles is 1. The van der Waals surface area contributed by atoms with Crippen LogP contribution in [-0.4, -0.2) is 12.1 Å². The van der Waals surface area contributed by atoms with Crippen molar-refractivity contribution in [2.45, 2.75) is 90.5 Å². The van der Waals surface area contributed by atoms with Gasteiger partial charge in [-0.1, -0.05) is 51.2 Å². The highest BCUT2D eigenvalue weighted by atomic mass is 14.9. The molecule has 0 spiro atoms. The van der Waals surface area contributed by atoms with Crippen LogP contribution in [0.3, 0.4) is 0 Å². The highest BCUT2D eigenvalue weighted by molar-refractivity contribution is 5.24. The van der Waals surface area contributed by atoms with Gasteiger partial charge in [-0.25, -0.2) is 0 Å². The number of nitrogens with one attached hydrogen (secondary N) is 1. The molecule has 1 saturated carbocycles. The third kappa shape index (κ3) is 12.7. The van der Waals surface area contributed by atoms with Crippen molar-refractivity contribution >= 4 is 0 Å². The maximum atomic E-state index is 8.83. The minimum Gasteiger partial charge on any atom is -0.312 e. The summed E-state index contributed by atoms with van der Waals surface area (Å²) >= 11 is 0. The fourth-order valence-corrected chi connectivity index (χ4v) is 3.51. The van der Waals surface area contributed by atoms with Gasteiger partial charge < -0.3 is 5.32 Å². The van der Waals surface area contributed by atoms with Crippen molar-refractivity contribution in [2.75, 3.05) is 6.54 Å². The number of allylic oxidation sites excluding steroid dienone is 4. The Balaban J connectivity index is 0.00000277. The molecule has 0 aromatic carbocycles. The predicted molar refractivity (Wildman–Crippen MR) is 112 cm³/mol. The molecule has 0 aromatic rings. The Labute approximate surface area is 157 Å². The Kier molecular flexibility index (Phi) is 14.2. The Hall–Kier alpha value is -1.33. The Morgan fingerprint density at radius 1 is 1.20 bits per heavy atom. The van der Waals surface area contributed by atoms with Gasteiger partial charge in [-0.3, -0.25) is 0 Å². The average Bonchev–Trinajstić information content (AvgIpc) is 2.62. The largest absolute Gasteiger partial charge is 0.312 e. The zero-order valence-corrected chi connectivity index (χ0v) is 16.9. The second kappa shape index (κ2) is 15.0. The van der Waals surface area contributed by atoms with Gasteiger partial charge in [-0.15, -0.1) is 13.2 Å². The van der Waals surface area contributed by atoms with Crippen molar-refractivity contribution in [1.29, 1.82) is 5.26 Å². The minimum absolute atomic E-state index is 0.281. The van der Waals surface area contributed by atoms with E-state index < -0.39 is 0 Å². The van der Waals surface area contributed by atoms with E-state index in [0.717, 1.165) is 30.9 Å². The van der Waals surface area contributed by atoms with E-state index in [1.807, 2.05) is 19.1 Å². The summed E-state index contributed by atoms with van der Waals surface area (Å²) in [5.74, 6) is 0.939. The van der Waals surface area contributed by atoms with Gasteiger partial charge in [-0.2, -0.15) is 5.26 Å². The number of hydrogen-bond donors (Lipinski definition) is 1. The number of hydrogen-bond acceptors (Lipinski definition) is 2. The van der Waals surface area contributed by atoms with E-state index in [4.69, 9.17) is 5.26 Å². The number of unbranched alkanes of at least 4 members (excludes halogenated alkanes) is 2. The molecule has 0 unspecified atom stereocenters. The Bertz CT molecular complexity index is 420. The van der Waals surface area contributed by atoms with Crippen LogP contribution < -0.4 is 5.32 Å². The predicted octanol–water partition coefficient (Wildman–Crippen LogP) is 6.71. The van der Waals surface area contributed by atoms with Crippen LogP contribution in [0, 0.1) is 17.2 Å². The first-order chi connectivity index (χ1) is 12.1. The molecule has 2 nitrogen and oxygen atoms in total. The molecule has 0 radical (unpaired) electrons. The Morgan fingerprint density at radius 3 is 2.48 bits per heavy atom. The number of nitrogens with zero attached hydrogens (tertiary/aromatic N) is 1. The first kappa shape index (κ1) is 23.7. The molecular formula is C23H40N2. The monoisotopic (exact) mass is 344 g/mol. The average molecular weight is 345 g/mol. The van der Waals surface area contributed by atoms with Gasteiger partial charge in [0.1, 0.15) is 0 Å². The van der Waals surface area contributed by atoms with Crippen LogP contribution in [0.2, 0.25) is 0 Å². The van der Waals surface area contributed by atoms with E-state index in [-0.39, 0.29) is 5.54 Å². The molecular weight excluding hydrogens is 304 g/mol. The van der Waals surface area contributed by atoms with Crippen LogP contribution >= 0.6 is 0 Å². The van der Waals surface area contributed by atoms with E-state index in [9.17, 15) is 0 Å². The van der Waals surface area contributed by atoms with Crippen LogP contribution in [0.5, 0.6) is 0 Å². The third-order valence-corrected chi connectivity index (χ3v) is 4.88. The molecule has 1 rings (SSSR count). The van der Waals surface area contributed by atoms with Crippen molar-refractivity contribution in [1.82, 2.24) is 5.32 Å². The molecule has 0 saturated heterocycles. The lowest BCUT2D eigenvalue weighted by Crippen LogP contribution is -2.41. The molecule has 1 fully saturated rings. The standard InChI is InChI=1S/C21H36N2.C2H4/c1-4-19(18-22)13-9-6-5-7-12-16-23-21(2,3)17-20-14-10-8-11-15-20;1-2/h6,9,13,20,23H,4-5,7-8,10-12,14-17H2,1-3H3;1-2H2/b9-6-,19-13+;. The normalized spacial score (nSPS) is 16.3. The molecule has 1 aliphatic rings.